The summed E-state index contributed by atoms with van der Waals surface area (Å²) in [5, 5.41) is 6.07. The number of imide groups is 1. The van der Waals surface area contributed by atoms with Crippen LogP contribution in [0.4, 0.5) is 10.1 Å². The number of amides is 3. The van der Waals surface area contributed by atoms with Crippen LogP contribution < -0.4 is 10.6 Å². The molecule has 27 heavy (non-hydrogen) atoms. The van der Waals surface area contributed by atoms with Crippen LogP contribution in [0.3, 0.4) is 0 Å². The summed E-state index contributed by atoms with van der Waals surface area (Å²) in [6.45, 7) is 7.66. The quantitative estimate of drug-likeness (QED) is 0.795. The monoisotopic (exact) mass is 373 g/mol. The van der Waals surface area contributed by atoms with E-state index in [1.807, 2.05) is 27.7 Å². The number of carbonyl (C=O) groups excluding carboxylic acids is 3. The molecule has 5 atom stereocenters. The summed E-state index contributed by atoms with van der Waals surface area (Å²) < 4.78 is 14.0. The first-order chi connectivity index (χ1) is 12.7. The van der Waals surface area contributed by atoms with Crippen molar-refractivity contribution in [1.82, 2.24) is 10.2 Å². The van der Waals surface area contributed by atoms with Crippen LogP contribution in [0.5, 0.6) is 0 Å². The predicted molar refractivity (Wildman–Crippen MR) is 97.1 cm³/mol. The standard InChI is InChI=1S/C20H24FN3O3/c1-5-10(4)24-17(25)14-15(18(24)26)20(23-16(14)9(2)3)12-8-11(21)6-7-13(12)22-19(20)27/h6-10,14-16,23H,5H2,1-4H3,(H,22,27)/t10-,14-,15-,16-,20+/m0/s1. The minimum Gasteiger partial charge on any atom is -0.324 e. The van der Waals surface area contributed by atoms with Gasteiger partial charge in [0.05, 0.1) is 11.8 Å². The Balaban J connectivity index is 1.92. The third-order valence-corrected chi connectivity index (χ3v) is 6.40. The van der Waals surface area contributed by atoms with Crippen molar-refractivity contribution >= 4 is 23.4 Å². The molecule has 0 radical (unpaired) electrons. The smallest absolute Gasteiger partial charge is 0.250 e. The number of halogens is 1. The maximum atomic E-state index is 14.0. The second-order valence-electron chi connectivity index (χ2n) is 8.17. The van der Waals surface area contributed by atoms with Crippen molar-refractivity contribution in [3.63, 3.8) is 0 Å². The molecule has 0 bridgehead atoms. The van der Waals surface area contributed by atoms with Crippen LogP contribution in [0.2, 0.25) is 0 Å². The number of likely N-dealkylation sites (tertiary alicyclic amines) is 1. The third kappa shape index (κ3) is 2.18. The van der Waals surface area contributed by atoms with Crippen LogP contribution in [0.25, 0.3) is 0 Å². The maximum Gasteiger partial charge on any atom is 0.250 e. The molecule has 0 aromatic heterocycles. The normalized spacial score (nSPS) is 33.0. The van der Waals surface area contributed by atoms with E-state index in [1.54, 1.807) is 0 Å². The number of fused-ring (bicyclic) bond motifs is 4. The summed E-state index contributed by atoms with van der Waals surface area (Å²) in [7, 11) is 0. The molecular weight excluding hydrogens is 349 g/mol. The summed E-state index contributed by atoms with van der Waals surface area (Å²) >= 11 is 0. The van der Waals surface area contributed by atoms with E-state index in [-0.39, 0.29) is 29.8 Å². The summed E-state index contributed by atoms with van der Waals surface area (Å²) in [6, 6.07) is 3.49. The Kier molecular flexibility index (Phi) is 3.93. The minimum absolute atomic E-state index is 0.0240. The Morgan fingerprint density at radius 1 is 1.19 bits per heavy atom. The van der Waals surface area contributed by atoms with Gasteiger partial charge in [0.25, 0.3) is 0 Å². The van der Waals surface area contributed by atoms with Gasteiger partial charge in [-0.15, -0.1) is 0 Å². The molecule has 144 valence electrons. The lowest BCUT2D eigenvalue weighted by Gasteiger charge is -2.31. The van der Waals surface area contributed by atoms with Gasteiger partial charge in [-0.1, -0.05) is 20.8 Å². The molecule has 1 aromatic carbocycles. The van der Waals surface area contributed by atoms with Gasteiger partial charge in [-0.3, -0.25) is 24.6 Å². The van der Waals surface area contributed by atoms with Crippen molar-refractivity contribution in [2.45, 2.75) is 51.7 Å². The van der Waals surface area contributed by atoms with E-state index in [0.29, 0.717) is 17.7 Å². The first kappa shape index (κ1) is 18.1. The molecule has 1 aromatic rings. The molecule has 0 saturated carbocycles. The van der Waals surface area contributed by atoms with Crippen molar-refractivity contribution in [3.05, 3.63) is 29.6 Å². The lowest BCUT2D eigenvalue weighted by atomic mass is 9.76. The summed E-state index contributed by atoms with van der Waals surface area (Å²) in [4.78, 5) is 41.0. The lowest BCUT2D eigenvalue weighted by Crippen LogP contribution is -2.54. The molecule has 2 fully saturated rings. The van der Waals surface area contributed by atoms with Crippen molar-refractivity contribution in [1.29, 1.82) is 0 Å². The number of hydrogen-bond acceptors (Lipinski definition) is 4. The number of hydrogen-bond donors (Lipinski definition) is 2. The zero-order chi connectivity index (χ0) is 19.7. The molecule has 2 saturated heterocycles. The molecule has 2 N–H and O–H groups in total. The zero-order valence-corrected chi connectivity index (χ0v) is 15.9. The first-order valence-corrected chi connectivity index (χ1v) is 9.50. The molecule has 7 heteroatoms. The van der Waals surface area contributed by atoms with Gasteiger partial charge >= 0.3 is 0 Å². The number of benzene rings is 1. The van der Waals surface area contributed by atoms with Gasteiger partial charge in [0.2, 0.25) is 17.7 Å². The molecule has 6 nitrogen and oxygen atoms in total. The van der Waals surface area contributed by atoms with E-state index in [2.05, 4.69) is 10.6 Å². The summed E-state index contributed by atoms with van der Waals surface area (Å²) in [5.41, 5.74) is -0.511. The second-order valence-corrected chi connectivity index (χ2v) is 8.17. The fourth-order valence-corrected chi connectivity index (χ4v) is 4.92. The fourth-order valence-electron chi connectivity index (χ4n) is 4.92. The molecule has 1 spiro atoms. The molecule has 3 amide bonds. The highest BCUT2D eigenvalue weighted by molar-refractivity contribution is 6.15. The lowest BCUT2D eigenvalue weighted by molar-refractivity contribution is -0.145. The molecule has 3 aliphatic rings. The van der Waals surface area contributed by atoms with Gasteiger partial charge in [0.15, 0.2) is 0 Å². The topological polar surface area (TPSA) is 78.5 Å². The Morgan fingerprint density at radius 3 is 2.52 bits per heavy atom. The Labute approximate surface area is 157 Å². The largest absolute Gasteiger partial charge is 0.324 e. The van der Waals surface area contributed by atoms with Gasteiger partial charge in [-0.2, -0.15) is 0 Å². The van der Waals surface area contributed by atoms with E-state index >= 15 is 0 Å². The first-order valence-electron chi connectivity index (χ1n) is 9.50. The molecular formula is C20H24FN3O3. The molecule has 4 rings (SSSR count). The number of nitrogens with one attached hydrogen (secondary N) is 2. The molecule has 3 aliphatic heterocycles. The van der Waals surface area contributed by atoms with Crippen LogP contribution in [0.1, 0.15) is 39.7 Å². The van der Waals surface area contributed by atoms with E-state index in [0.717, 1.165) is 0 Å². The SMILES string of the molecule is CC[C@H](C)N1C(=O)[C@H]2[C@@H](C1=O)[C@@]1(N[C@H]2C(C)C)C(=O)Nc2ccc(F)cc21. The van der Waals surface area contributed by atoms with Gasteiger partial charge in [0.1, 0.15) is 11.4 Å². The highest BCUT2D eigenvalue weighted by Crippen LogP contribution is 2.54. The van der Waals surface area contributed by atoms with E-state index in [4.69, 9.17) is 0 Å². The van der Waals surface area contributed by atoms with Crippen LogP contribution in [0, 0.1) is 23.6 Å². The Bertz CT molecular complexity index is 855. The average Bonchev–Trinajstić information content (AvgIpc) is 3.20. The minimum atomic E-state index is -1.41. The van der Waals surface area contributed by atoms with Gasteiger partial charge in [-0.05, 0) is 37.5 Å². The highest BCUT2D eigenvalue weighted by atomic mass is 19.1. The van der Waals surface area contributed by atoms with Crippen LogP contribution in [0.15, 0.2) is 18.2 Å². The van der Waals surface area contributed by atoms with Crippen LogP contribution >= 0.6 is 0 Å². The van der Waals surface area contributed by atoms with E-state index < -0.39 is 29.1 Å². The average molecular weight is 373 g/mol. The Morgan fingerprint density at radius 2 is 1.89 bits per heavy atom. The summed E-state index contributed by atoms with van der Waals surface area (Å²) in [6.07, 6.45) is 0.640. The van der Waals surface area contributed by atoms with Crippen molar-refractivity contribution in [2.75, 3.05) is 5.32 Å². The number of carbonyl (C=O) groups is 3. The second kappa shape index (κ2) is 5.86. The van der Waals surface area contributed by atoms with Gasteiger partial charge in [-0.25, -0.2) is 4.39 Å². The van der Waals surface area contributed by atoms with E-state index in [9.17, 15) is 18.8 Å². The third-order valence-electron chi connectivity index (χ3n) is 6.40. The van der Waals surface area contributed by atoms with Crippen LogP contribution in [-0.2, 0) is 19.9 Å². The number of anilines is 1. The molecule has 0 aliphatic carbocycles. The maximum absolute atomic E-state index is 14.0. The van der Waals surface area contributed by atoms with Crippen LogP contribution in [-0.4, -0.2) is 34.7 Å². The highest BCUT2D eigenvalue weighted by Gasteiger charge is 2.71. The van der Waals surface area contributed by atoms with Crippen molar-refractivity contribution in [2.24, 2.45) is 17.8 Å². The van der Waals surface area contributed by atoms with E-state index in [1.165, 1.54) is 23.1 Å². The summed E-state index contributed by atoms with van der Waals surface area (Å²) in [5.74, 6) is -2.93. The van der Waals surface area contributed by atoms with Crippen molar-refractivity contribution < 1.29 is 18.8 Å². The number of nitrogens with zero attached hydrogens (tertiary/aromatic N) is 1. The van der Waals surface area contributed by atoms with Crippen molar-refractivity contribution in [3.8, 4) is 0 Å². The predicted octanol–water partition coefficient (Wildman–Crippen LogP) is 2.00. The molecule has 3 heterocycles. The molecule has 0 unspecified atom stereocenters. The zero-order valence-electron chi connectivity index (χ0n) is 15.9. The van der Waals surface area contributed by atoms with Gasteiger partial charge in [0, 0.05) is 23.3 Å². The van der Waals surface area contributed by atoms with Gasteiger partial charge < -0.3 is 5.32 Å². The fraction of sp³-hybridized carbons (Fsp3) is 0.550. The number of rotatable bonds is 3. The Hall–Kier alpha value is -2.28.